The molecule has 0 saturated carbocycles. The smallest absolute Gasteiger partial charge is 0.303 e. The summed E-state index contributed by atoms with van der Waals surface area (Å²) in [6, 6.07) is 5.51. The average Bonchev–Trinajstić information content (AvgIpc) is 3.27. The molecule has 1 aliphatic carbocycles. The van der Waals surface area contributed by atoms with Gasteiger partial charge in [-0.3, -0.25) is 4.79 Å². The minimum Gasteiger partial charge on any atom is -0.481 e. The quantitative estimate of drug-likeness (QED) is 0.357. The summed E-state index contributed by atoms with van der Waals surface area (Å²) in [5.41, 5.74) is 4.33. The van der Waals surface area contributed by atoms with Crippen LogP contribution in [-0.4, -0.2) is 53.4 Å². The van der Waals surface area contributed by atoms with E-state index in [9.17, 15) is 9.90 Å². The lowest BCUT2D eigenvalue weighted by atomic mass is 9.97. The first-order valence-electron chi connectivity index (χ1n) is 12.4. The molecule has 2 unspecified atom stereocenters. The molecule has 0 aromatic heterocycles. The number of nitrogens with zero attached hydrogens (tertiary/aromatic N) is 1. The van der Waals surface area contributed by atoms with Crippen LogP contribution in [0.3, 0.4) is 0 Å². The third-order valence-electron chi connectivity index (χ3n) is 6.15. The summed E-state index contributed by atoms with van der Waals surface area (Å²) < 4.78 is 5.97. The van der Waals surface area contributed by atoms with E-state index in [0.717, 1.165) is 47.7 Å². The molecule has 5 nitrogen and oxygen atoms in total. The predicted molar refractivity (Wildman–Crippen MR) is 144 cm³/mol. The molecule has 1 heterocycles. The number of hydrogen-bond acceptors (Lipinski definition) is 4. The van der Waals surface area contributed by atoms with E-state index in [4.69, 9.17) is 33.0 Å². The van der Waals surface area contributed by atoms with Crippen LogP contribution in [0.5, 0.6) is 0 Å². The maximum Gasteiger partial charge on any atom is 0.303 e. The summed E-state index contributed by atoms with van der Waals surface area (Å²) in [7, 11) is 0. The Morgan fingerprint density at radius 2 is 1.91 bits per heavy atom. The number of aliphatic hydroxyl groups is 1. The number of benzene rings is 1. The van der Waals surface area contributed by atoms with Crippen molar-refractivity contribution in [1.82, 2.24) is 4.90 Å². The molecule has 1 aromatic rings. The first-order valence-corrected chi connectivity index (χ1v) is 13.2. The Kier molecular flexibility index (Phi) is 13.1. The van der Waals surface area contributed by atoms with E-state index in [1.54, 1.807) is 6.07 Å². The SMILES string of the molecule is CC1=CC(Cl)=C(C)C=CC1.CCC(OCC(O)CN1CCCC1)c1ccc(Cl)cc1CCC(=O)O. The number of ether oxygens (including phenoxy) is 1. The lowest BCUT2D eigenvalue weighted by molar-refractivity contribution is -0.136. The molecule has 0 amide bonds. The van der Waals surface area contributed by atoms with Gasteiger partial charge in [-0.25, -0.2) is 0 Å². The largest absolute Gasteiger partial charge is 0.481 e. The van der Waals surface area contributed by atoms with Crippen molar-refractivity contribution in [2.24, 2.45) is 0 Å². The third-order valence-corrected chi connectivity index (χ3v) is 6.79. The Bertz CT molecular complexity index is 920. The van der Waals surface area contributed by atoms with Crippen molar-refractivity contribution >= 4 is 29.2 Å². The maximum absolute atomic E-state index is 10.9. The molecule has 0 radical (unpaired) electrons. The highest BCUT2D eigenvalue weighted by Gasteiger charge is 2.20. The van der Waals surface area contributed by atoms with Gasteiger partial charge in [0.25, 0.3) is 0 Å². The van der Waals surface area contributed by atoms with Crippen LogP contribution in [0.25, 0.3) is 0 Å². The van der Waals surface area contributed by atoms with Crippen molar-refractivity contribution in [2.45, 2.75) is 71.5 Å². The van der Waals surface area contributed by atoms with E-state index in [1.165, 1.54) is 18.4 Å². The van der Waals surface area contributed by atoms with Crippen LogP contribution in [0.1, 0.15) is 70.1 Å². The van der Waals surface area contributed by atoms with Gasteiger partial charge in [-0.15, -0.1) is 0 Å². The molecule has 2 atom stereocenters. The van der Waals surface area contributed by atoms with Crippen LogP contribution < -0.4 is 0 Å². The first kappa shape index (κ1) is 29.6. The van der Waals surface area contributed by atoms with Crippen molar-refractivity contribution in [3.05, 3.63) is 68.8 Å². The van der Waals surface area contributed by atoms with Crippen molar-refractivity contribution in [2.75, 3.05) is 26.2 Å². The Labute approximate surface area is 220 Å². The first-order chi connectivity index (χ1) is 16.7. The van der Waals surface area contributed by atoms with Gasteiger partial charge in [0.15, 0.2) is 0 Å². The number of hydrogen-bond donors (Lipinski definition) is 2. The number of allylic oxidation sites excluding steroid dienone is 6. The Balaban J connectivity index is 0.000000360. The molecule has 194 valence electrons. The van der Waals surface area contributed by atoms with Crippen molar-refractivity contribution in [1.29, 1.82) is 0 Å². The number of aliphatic carboxylic acids is 1. The summed E-state index contributed by atoms with van der Waals surface area (Å²) in [6.45, 7) is 9.14. The molecule has 1 aliphatic heterocycles. The summed E-state index contributed by atoms with van der Waals surface area (Å²) in [5.74, 6) is -0.832. The molecule has 1 saturated heterocycles. The van der Waals surface area contributed by atoms with Gasteiger partial charge < -0.3 is 19.8 Å². The summed E-state index contributed by atoms with van der Waals surface area (Å²) in [5, 5.41) is 20.6. The molecule has 0 bridgehead atoms. The van der Waals surface area contributed by atoms with Gasteiger partial charge in [-0.05, 0) is 93.9 Å². The second-order valence-corrected chi connectivity index (χ2v) is 10.1. The lowest BCUT2D eigenvalue weighted by Gasteiger charge is -2.24. The molecule has 7 heteroatoms. The van der Waals surface area contributed by atoms with Crippen molar-refractivity contribution < 1.29 is 19.7 Å². The van der Waals surface area contributed by atoms with Crippen LogP contribution in [0.15, 0.2) is 52.6 Å². The van der Waals surface area contributed by atoms with Gasteiger partial charge in [0.2, 0.25) is 0 Å². The van der Waals surface area contributed by atoms with Crippen molar-refractivity contribution in [3.8, 4) is 0 Å². The number of carboxylic acid groups (broad SMARTS) is 1. The third kappa shape index (κ3) is 10.9. The topological polar surface area (TPSA) is 70.0 Å². The van der Waals surface area contributed by atoms with Crippen molar-refractivity contribution in [3.63, 3.8) is 0 Å². The minimum atomic E-state index is -0.832. The molecular weight excluding hydrogens is 485 g/mol. The fourth-order valence-electron chi connectivity index (χ4n) is 4.21. The van der Waals surface area contributed by atoms with Crippen LogP contribution >= 0.6 is 23.2 Å². The molecule has 1 fully saturated rings. The zero-order chi connectivity index (χ0) is 25.8. The van der Waals surface area contributed by atoms with E-state index in [0.29, 0.717) is 18.0 Å². The Morgan fingerprint density at radius 3 is 2.57 bits per heavy atom. The lowest BCUT2D eigenvalue weighted by Crippen LogP contribution is -2.33. The average molecular weight is 525 g/mol. The Hall–Kier alpha value is -1.63. The number of rotatable bonds is 10. The monoisotopic (exact) mass is 523 g/mol. The van der Waals surface area contributed by atoms with Gasteiger partial charge in [-0.1, -0.05) is 53.9 Å². The number of carbonyl (C=O) groups is 1. The highest BCUT2D eigenvalue weighted by Crippen LogP contribution is 2.28. The van der Waals surface area contributed by atoms with Crippen LogP contribution in [-0.2, 0) is 16.0 Å². The van der Waals surface area contributed by atoms with E-state index in [-0.39, 0.29) is 19.1 Å². The van der Waals surface area contributed by atoms with Gasteiger partial charge in [0.1, 0.15) is 0 Å². The van der Waals surface area contributed by atoms with E-state index in [2.05, 4.69) is 24.0 Å². The summed E-state index contributed by atoms with van der Waals surface area (Å²) in [4.78, 5) is 13.1. The molecule has 0 spiro atoms. The van der Waals surface area contributed by atoms with Crippen LogP contribution in [0.4, 0.5) is 0 Å². The normalized spacial score (nSPS) is 17.9. The number of likely N-dealkylation sites (tertiary alicyclic amines) is 1. The molecule has 1 aromatic carbocycles. The molecule has 2 N–H and O–H groups in total. The second kappa shape index (κ2) is 15.5. The fourth-order valence-corrected chi connectivity index (χ4v) is 4.65. The molecule has 3 rings (SSSR count). The van der Waals surface area contributed by atoms with Gasteiger partial charge in [-0.2, -0.15) is 0 Å². The zero-order valence-electron chi connectivity index (χ0n) is 21.1. The summed E-state index contributed by atoms with van der Waals surface area (Å²) in [6.07, 6.45) is 10.2. The van der Waals surface area contributed by atoms with E-state index >= 15 is 0 Å². The fraction of sp³-hybridized carbons (Fsp3) is 0.536. The molecule has 2 aliphatic rings. The predicted octanol–water partition coefficient (Wildman–Crippen LogP) is 6.69. The number of aryl methyl sites for hydroxylation is 1. The minimum absolute atomic E-state index is 0.0569. The number of carboxylic acids is 1. The number of halogens is 2. The van der Waals surface area contributed by atoms with E-state index < -0.39 is 12.1 Å². The Morgan fingerprint density at radius 1 is 1.20 bits per heavy atom. The van der Waals surface area contributed by atoms with Crippen LogP contribution in [0, 0.1) is 0 Å². The van der Waals surface area contributed by atoms with Gasteiger partial charge >= 0.3 is 5.97 Å². The van der Waals surface area contributed by atoms with Gasteiger partial charge in [0, 0.05) is 23.0 Å². The molecule has 35 heavy (non-hydrogen) atoms. The number of β-amino-alcohol motifs (C(OH)–C–C–N with tert-alkyl or cyclic N) is 1. The maximum atomic E-state index is 10.9. The summed E-state index contributed by atoms with van der Waals surface area (Å²) >= 11 is 12.0. The van der Waals surface area contributed by atoms with Gasteiger partial charge in [0.05, 0.1) is 18.8 Å². The highest BCUT2D eigenvalue weighted by atomic mass is 35.5. The highest BCUT2D eigenvalue weighted by molar-refractivity contribution is 6.31. The zero-order valence-corrected chi connectivity index (χ0v) is 22.6. The molecular formula is C28H39Cl2NO4. The van der Waals surface area contributed by atoms with Crippen LogP contribution in [0.2, 0.25) is 5.02 Å². The van der Waals surface area contributed by atoms with E-state index in [1.807, 2.05) is 32.1 Å². The second-order valence-electron chi connectivity index (χ2n) is 9.26. The standard InChI is InChI=1S/C19H28ClNO4.C9H11Cl/c1-2-18(25-13-16(22)12-21-9-3-4-10-21)17-7-6-15(20)11-14(17)5-8-19(23)24;1-7-4-3-5-8(2)9(10)6-7/h6-7,11,16,18,22H,2-5,8-10,12-13H2,1H3,(H,23,24);3,5-6H,4H2,1-2H3. The number of aliphatic hydroxyl groups excluding tert-OH is 1.